The molecular formula is C20H34N4OSi. The van der Waals surface area contributed by atoms with Crippen molar-refractivity contribution in [3.63, 3.8) is 0 Å². The second-order valence-electron chi connectivity index (χ2n) is 9.24. The average Bonchev–Trinajstić information content (AvgIpc) is 2.92. The minimum absolute atomic E-state index is 0.278. The van der Waals surface area contributed by atoms with Gasteiger partial charge in [-0.05, 0) is 49.0 Å². The first-order chi connectivity index (χ1) is 12.1. The van der Waals surface area contributed by atoms with Gasteiger partial charge in [0.15, 0.2) is 8.32 Å². The molecule has 0 radical (unpaired) electrons. The molecule has 0 bridgehead atoms. The molecule has 26 heavy (non-hydrogen) atoms. The Kier molecular flexibility index (Phi) is 5.10. The lowest BCUT2D eigenvalue weighted by molar-refractivity contribution is 0.205. The molecule has 2 aromatic rings. The molecule has 0 amide bonds. The lowest BCUT2D eigenvalue weighted by Crippen LogP contribution is -2.43. The zero-order chi connectivity index (χ0) is 19.1. The number of anilines is 2. The number of nitrogen functional groups attached to an aromatic ring is 1. The number of rotatable bonds is 4. The molecular weight excluding hydrogens is 340 g/mol. The van der Waals surface area contributed by atoms with Gasteiger partial charge in [0.1, 0.15) is 0 Å². The Bertz CT molecular complexity index is 770. The van der Waals surface area contributed by atoms with E-state index in [0.717, 1.165) is 54.8 Å². The number of hydrogen-bond donors (Lipinski definition) is 1. The monoisotopic (exact) mass is 374 g/mol. The summed E-state index contributed by atoms with van der Waals surface area (Å²) < 4.78 is 8.36. The van der Waals surface area contributed by atoms with Crippen LogP contribution in [0.1, 0.15) is 33.6 Å². The molecule has 0 saturated carbocycles. The van der Waals surface area contributed by atoms with Crippen LogP contribution >= 0.6 is 0 Å². The molecule has 1 aromatic heterocycles. The van der Waals surface area contributed by atoms with Crippen LogP contribution in [0.3, 0.4) is 0 Å². The maximum absolute atomic E-state index is 6.45. The Morgan fingerprint density at radius 2 is 1.88 bits per heavy atom. The summed E-state index contributed by atoms with van der Waals surface area (Å²) in [6.07, 6.45) is 4.20. The number of benzene rings is 1. The zero-order valence-corrected chi connectivity index (χ0v) is 18.2. The summed E-state index contributed by atoms with van der Waals surface area (Å²) in [5, 5.41) is 5.71. The van der Waals surface area contributed by atoms with Crippen molar-refractivity contribution < 1.29 is 4.43 Å². The first kappa shape index (κ1) is 19.2. The van der Waals surface area contributed by atoms with Crippen LogP contribution in [-0.2, 0) is 11.5 Å². The van der Waals surface area contributed by atoms with E-state index in [1.165, 1.54) is 0 Å². The molecule has 0 unspecified atom stereocenters. The van der Waals surface area contributed by atoms with Gasteiger partial charge in [-0.3, -0.25) is 4.68 Å². The Hall–Kier alpha value is -1.53. The molecule has 6 heteroatoms. The van der Waals surface area contributed by atoms with Crippen molar-refractivity contribution in [2.75, 3.05) is 30.3 Å². The van der Waals surface area contributed by atoms with E-state index < -0.39 is 8.32 Å². The first-order valence-electron chi connectivity index (χ1n) is 9.68. The molecule has 1 aliphatic heterocycles. The van der Waals surface area contributed by atoms with Crippen LogP contribution in [0.4, 0.5) is 11.4 Å². The van der Waals surface area contributed by atoms with Crippen LogP contribution in [0.5, 0.6) is 0 Å². The Labute approximate surface area is 158 Å². The standard InChI is InChI=1S/C20H34N4OSi/c1-20(2,3)26(5,6)25-14-15-7-9-24(10-8-15)19-12-18-16(11-17(19)21)13-22-23(18)4/h11-13,15H,7-10,14,21H2,1-6H3. The highest BCUT2D eigenvalue weighted by Gasteiger charge is 2.37. The lowest BCUT2D eigenvalue weighted by atomic mass is 9.97. The molecule has 5 nitrogen and oxygen atoms in total. The van der Waals surface area contributed by atoms with Crippen molar-refractivity contribution in [3.8, 4) is 0 Å². The van der Waals surface area contributed by atoms with Gasteiger partial charge in [-0.2, -0.15) is 5.10 Å². The van der Waals surface area contributed by atoms with Gasteiger partial charge in [0, 0.05) is 32.1 Å². The predicted octanol–water partition coefficient (Wildman–Crippen LogP) is 4.39. The van der Waals surface area contributed by atoms with E-state index >= 15 is 0 Å². The van der Waals surface area contributed by atoms with Crippen molar-refractivity contribution >= 4 is 30.6 Å². The van der Waals surface area contributed by atoms with Crippen LogP contribution in [0.2, 0.25) is 18.1 Å². The number of nitrogens with two attached hydrogens (primary N) is 1. The van der Waals surface area contributed by atoms with Gasteiger partial charge in [-0.15, -0.1) is 0 Å². The summed E-state index contributed by atoms with van der Waals surface area (Å²) in [5.74, 6) is 0.655. The van der Waals surface area contributed by atoms with Crippen molar-refractivity contribution in [2.45, 2.75) is 51.7 Å². The molecule has 0 atom stereocenters. The molecule has 1 aliphatic rings. The van der Waals surface area contributed by atoms with E-state index in [-0.39, 0.29) is 5.04 Å². The molecule has 1 fully saturated rings. The van der Waals surface area contributed by atoms with Crippen LogP contribution in [0.15, 0.2) is 18.3 Å². The molecule has 0 aliphatic carbocycles. The fourth-order valence-electron chi connectivity index (χ4n) is 3.36. The first-order valence-corrected chi connectivity index (χ1v) is 12.6. The quantitative estimate of drug-likeness (QED) is 0.637. The summed E-state index contributed by atoms with van der Waals surface area (Å²) in [5.41, 5.74) is 9.46. The minimum Gasteiger partial charge on any atom is -0.417 e. The SMILES string of the molecule is Cn1ncc2cc(N)c(N3CCC(CO[Si](C)(C)C(C)(C)C)CC3)cc21. The Balaban J connectivity index is 1.62. The highest BCUT2D eigenvalue weighted by Crippen LogP contribution is 2.38. The number of hydrogen-bond acceptors (Lipinski definition) is 4. The maximum atomic E-state index is 6.45. The highest BCUT2D eigenvalue weighted by atomic mass is 28.4. The smallest absolute Gasteiger partial charge is 0.191 e. The third kappa shape index (κ3) is 3.76. The van der Waals surface area contributed by atoms with E-state index in [0.29, 0.717) is 5.92 Å². The molecule has 3 rings (SSSR count). The van der Waals surface area contributed by atoms with Crippen molar-refractivity contribution in [1.29, 1.82) is 0 Å². The van der Waals surface area contributed by atoms with Crippen molar-refractivity contribution in [1.82, 2.24) is 9.78 Å². The second-order valence-corrected chi connectivity index (χ2v) is 14.0. The molecule has 0 spiro atoms. The summed E-state index contributed by atoms with van der Waals surface area (Å²) >= 11 is 0. The highest BCUT2D eigenvalue weighted by molar-refractivity contribution is 6.74. The summed E-state index contributed by atoms with van der Waals surface area (Å²) in [7, 11) is 0.328. The minimum atomic E-state index is -1.65. The van der Waals surface area contributed by atoms with E-state index in [9.17, 15) is 0 Å². The molecule has 144 valence electrons. The number of aromatic nitrogens is 2. The van der Waals surface area contributed by atoms with Crippen LogP contribution in [0.25, 0.3) is 10.9 Å². The normalized spacial score (nSPS) is 17.2. The van der Waals surface area contributed by atoms with Gasteiger partial charge in [0.2, 0.25) is 0 Å². The number of aryl methyl sites for hydroxylation is 1. The Morgan fingerprint density at radius 3 is 2.50 bits per heavy atom. The van der Waals surface area contributed by atoms with Gasteiger partial charge >= 0.3 is 0 Å². The third-order valence-electron chi connectivity index (χ3n) is 6.34. The number of nitrogens with zero attached hydrogens (tertiary/aromatic N) is 3. The van der Waals surface area contributed by atoms with Crippen molar-refractivity contribution in [3.05, 3.63) is 18.3 Å². The van der Waals surface area contributed by atoms with Gasteiger partial charge in [0.25, 0.3) is 0 Å². The molecule has 1 saturated heterocycles. The maximum Gasteiger partial charge on any atom is 0.191 e. The summed E-state index contributed by atoms with van der Waals surface area (Å²) in [6, 6.07) is 4.23. The largest absolute Gasteiger partial charge is 0.417 e. The van der Waals surface area contributed by atoms with Crippen LogP contribution < -0.4 is 10.6 Å². The number of piperidine rings is 1. The van der Waals surface area contributed by atoms with Crippen molar-refractivity contribution in [2.24, 2.45) is 13.0 Å². The molecule has 2 N–H and O–H groups in total. The van der Waals surface area contributed by atoms with Crippen LogP contribution in [-0.4, -0.2) is 37.8 Å². The van der Waals surface area contributed by atoms with E-state index in [2.05, 4.69) is 49.9 Å². The van der Waals surface area contributed by atoms with Gasteiger partial charge in [0.05, 0.1) is 23.1 Å². The third-order valence-corrected chi connectivity index (χ3v) is 10.8. The predicted molar refractivity (Wildman–Crippen MR) is 113 cm³/mol. The van der Waals surface area contributed by atoms with E-state index in [1.54, 1.807) is 0 Å². The second kappa shape index (κ2) is 6.89. The average molecular weight is 375 g/mol. The Morgan fingerprint density at radius 1 is 1.23 bits per heavy atom. The van der Waals surface area contributed by atoms with Crippen LogP contribution in [0, 0.1) is 5.92 Å². The summed E-state index contributed by atoms with van der Waals surface area (Å²) in [4.78, 5) is 2.42. The molecule has 2 heterocycles. The zero-order valence-electron chi connectivity index (χ0n) is 17.2. The fraction of sp³-hybridized carbons (Fsp3) is 0.650. The fourth-order valence-corrected chi connectivity index (χ4v) is 4.45. The summed E-state index contributed by atoms with van der Waals surface area (Å²) in [6.45, 7) is 14.6. The van der Waals surface area contributed by atoms with E-state index in [1.807, 2.05) is 24.0 Å². The lowest BCUT2D eigenvalue weighted by Gasteiger charge is -2.39. The topological polar surface area (TPSA) is 56.3 Å². The van der Waals surface area contributed by atoms with Gasteiger partial charge < -0.3 is 15.1 Å². The molecule has 1 aromatic carbocycles. The van der Waals surface area contributed by atoms with Gasteiger partial charge in [-0.1, -0.05) is 20.8 Å². The van der Waals surface area contributed by atoms with E-state index in [4.69, 9.17) is 10.2 Å². The number of fused-ring (bicyclic) bond motifs is 1. The van der Waals surface area contributed by atoms with Gasteiger partial charge in [-0.25, -0.2) is 0 Å².